The SMILES string of the molecule is CC(C)=CCN1CCC(=O)CC1. The fourth-order valence-corrected chi connectivity index (χ4v) is 1.30. The third kappa shape index (κ3) is 3.18. The Hall–Kier alpha value is -0.630. The average Bonchev–Trinajstić information content (AvgIpc) is 2.03. The van der Waals surface area contributed by atoms with Crippen LogP contribution in [0.5, 0.6) is 0 Å². The normalized spacial score (nSPS) is 19.3. The highest BCUT2D eigenvalue weighted by atomic mass is 16.1. The van der Waals surface area contributed by atoms with Crippen LogP contribution in [0, 0.1) is 0 Å². The topological polar surface area (TPSA) is 20.3 Å². The monoisotopic (exact) mass is 167 g/mol. The first kappa shape index (κ1) is 9.46. The minimum atomic E-state index is 0.420. The van der Waals surface area contributed by atoms with Crippen LogP contribution in [0.2, 0.25) is 0 Å². The highest BCUT2D eigenvalue weighted by Crippen LogP contribution is 2.05. The Morgan fingerprint density at radius 1 is 1.42 bits per heavy atom. The molecule has 0 aromatic carbocycles. The molecule has 0 spiro atoms. The predicted octanol–water partition coefficient (Wildman–Crippen LogP) is 1.62. The second-order valence-corrected chi connectivity index (χ2v) is 3.62. The van der Waals surface area contributed by atoms with Crippen molar-refractivity contribution in [1.82, 2.24) is 4.90 Å². The molecule has 1 heterocycles. The van der Waals surface area contributed by atoms with Crippen LogP contribution >= 0.6 is 0 Å². The number of piperidine rings is 1. The van der Waals surface area contributed by atoms with E-state index in [4.69, 9.17) is 0 Å². The van der Waals surface area contributed by atoms with Gasteiger partial charge in [-0.1, -0.05) is 11.6 Å². The van der Waals surface area contributed by atoms with Crippen LogP contribution in [0.25, 0.3) is 0 Å². The number of carbonyl (C=O) groups excluding carboxylic acids is 1. The zero-order chi connectivity index (χ0) is 8.97. The number of allylic oxidation sites excluding steroid dienone is 1. The van der Waals surface area contributed by atoms with Gasteiger partial charge < -0.3 is 0 Å². The lowest BCUT2D eigenvalue weighted by molar-refractivity contribution is -0.121. The van der Waals surface area contributed by atoms with Crippen molar-refractivity contribution in [2.45, 2.75) is 26.7 Å². The van der Waals surface area contributed by atoms with Crippen molar-refractivity contribution >= 4 is 5.78 Å². The maximum absolute atomic E-state index is 10.9. The van der Waals surface area contributed by atoms with E-state index in [1.165, 1.54) is 5.57 Å². The number of rotatable bonds is 2. The van der Waals surface area contributed by atoms with Gasteiger partial charge in [0.25, 0.3) is 0 Å². The zero-order valence-electron chi connectivity index (χ0n) is 7.97. The summed E-state index contributed by atoms with van der Waals surface area (Å²) in [5, 5.41) is 0. The number of hydrogen-bond donors (Lipinski definition) is 0. The van der Waals surface area contributed by atoms with Gasteiger partial charge in [0.1, 0.15) is 5.78 Å². The van der Waals surface area contributed by atoms with Gasteiger partial charge in [0, 0.05) is 32.5 Å². The summed E-state index contributed by atoms with van der Waals surface area (Å²) in [5.74, 6) is 0.420. The Labute approximate surface area is 74.2 Å². The number of carbonyl (C=O) groups is 1. The Bertz CT molecular complexity index is 182. The van der Waals surface area contributed by atoms with Crippen LogP contribution in [0.15, 0.2) is 11.6 Å². The molecular formula is C10H17NO. The van der Waals surface area contributed by atoms with Gasteiger partial charge in [0.15, 0.2) is 0 Å². The summed E-state index contributed by atoms with van der Waals surface area (Å²) in [6, 6.07) is 0. The molecule has 68 valence electrons. The lowest BCUT2D eigenvalue weighted by atomic mass is 10.1. The van der Waals surface area contributed by atoms with E-state index >= 15 is 0 Å². The predicted molar refractivity (Wildman–Crippen MR) is 50.1 cm³/mol. The van der Waals surface area contributed by atoms with Gasteiger partial charge in [-0.25, -0.2) is 0 Å². The summed E-state index contributed by atoms with van der Waals surface area (Å²) in [6.45, 7) is 7.12. The maximum atomic E-state index is 10.9. The summed E-state index contributed by atoms with van der Waals surface area (Å²) < 4.78 is 0. The van der Waals surface area contributed by atoms with Gasteiger partial charge >= 0.3 is 0 Å². The lowest BCUT2D eigenvalue weighted by Crippen LogP contribution is -2.33. The third-order valence-electron chi connectivity index (χ3n) is 2.17. The number of likely N-dealkylation sites (tertiary alicyclic amines) is 1. The number of hydrogen-bond acceptors (Lipinski definition) is 2. The van der Waals surface area contributed by atoms with Crippen molar-refractivity contribution in [1.29, 1.82) is 0 Å². The minimum absolute atomic E-state index is 0.420. The van der Waals surface area contributed by atoms with Crippen molar-refractivity contribution < 1.29 is 4.79 Å². The smallest absolute Gasteiger partial charge is 0.135 e. The van der Waals surface area contributed by atoms with E-state index in [0.717, 1.165) is 32.5 Å². The van der Waals surface area contributed by atoms with Gasteiger partial charge in [0.05, 0.1) is 0 Å². The van der Waals surface area contributed by atoms with Gasteiger partial charge in [-0.2, -0.15) is 0 Å². The molecule has 1 rings (SSSR count). The first-order valence-corrected chi connectivity index (χ1v) is 4.56. The van der Waals surface area contributed by atoms with E-state index in [2.05, 4.69) is 24.8 Å². The molecule has 0 aromatic rings. The van der Waals surface area contributed by atoms with Crippen molar-refractivity contribution in [3.8, 4) is 0 Å². The van der Waals surface area contributed by atoms with Crippen LogP contribution in [0.3, 0.4) is 0 Å². The van der Waals surface area contributed by atoms with Crippen LogP contribution in [0.4, 0.5) is 0 Å². The molecule has 1 aliphatic rings. The van der Waals surface area contributed by atoms with E-state index < -0.39 is 0 Å². The standard InChI is InChI=1S/C10H17NO/c1-9(2)3-6-11-7-4-10(12)5-8-11/h3H,4-8H2,1-2H3. The fraction of sp³-hybridized carbons (Fsp3) is 0.700. The molecule has 0 N–H and O–H groups in total. The van der Waals surface area contributed by atoms with Crippen molar-refractivity contribution in [2.24, 2.45) is 0 Å². The molecule has 1 saturated heterocycles. The molecule has 2 nitrogen and oxygen atoms in total. The minimum Gasteiger partial charge on any atom is -0.300 e. The second kappa shape index (κ2) is 4.41. The molecule has 0 atom stereocenters. The number of ketones is 1. The largest absolute Gasteiger partial charge is 0.300 e. The van der Waals surface area contributed by atoms with E-state index in [0.29, 0.717) is 5.78 Å². The summed E-state index contributed by atoms with van der Waals surface area (Å²) >= 11 is 0. The molecule has 0 amide bonds. The van der Waals surface area contributed by atoms with E-state index in [9.17, 15) is 4.79 Å². The molecule has 0 radical (unpaired) electrons. The van der Waals surface area contributed by atoms with E-state index in [1.807, 2.05) is 0 Å². The molecule has 0 saturated carbocycles. The first-order chi connectivity index (χ1) is 5.68. The molecular weight excluding hydrogens is 150 g/mol. The van der Waals surface area contributed by atoms with Crippen molar-refractivity contribution in [3.63, 3.8) is 0 Å². The van der Waals surface area contributed by atoms with Crippen LogP contribution < -0.4 is 0 Å². The molecule has 2 heteroatoms. The summed E-state index contributed by atoms with van der Waals surface area (Å²) in [6.07, 6.45) is 3.71. The summed E-state index contributed by atoms with van der Waals surface area (Å²) in [5.41, 5.74) is 1.35. The summed E-state index contributed by atoms with van der Waals surface area (Å²) in [4.78, 5) is 13.2. The number of nitrogens with zero attached hydrogens (tertiary/aromatic N) is 1. The second-order valence-electron chi connectivity index (χ2n) is 3.62. The lowest BCUT2D eigenvalue weighted by Gasteiger charge is -2.24. The highest BCUT2D eigenvalue weighted by Gasteiger charge is 2.14. The third-order valence-corrected chi connectivity index (χ3v) is 2.17. The average molecular weight is 167 g/mol. The Balaban J connectivity index is 2.26. The molecule has 0 bridgehead atoms. The fourth-order valence-electron chi connectivity index (χ4n) is 1.30. The van der Waals surface area contributed by atoms with Crippen LogP contribution in [-0.2, 0) is 4.79 Å². The molecule has 0 aliphatic carbocycles. The molecule has 1 fully saturated rings. The quantitative estimate of drug-likeness (QED) is 0.582. The van der Waals surface area contributed by atoms with Gasteiger partial charge in [-0.05, 0) is 13.8 Å². The van der Waals surface area contributed by atoms with Crippen molar-refractivity contribution in [2.75, 3.05) is 19.6 Å². The zero-order valence-corrected chi connectivity index (χ0v) is 7.97. The number of Topliss-reactive ketones (excluding diaryl/α,β-unsaturated/α-hetero) is 1. The van der Waals surface area contributed by atoms with E-state index in [-0.39, 0.29) is 0 Å². The molecule has 12 heavy (non-hydrogen) atoms. The highest BCUT2D eigenvalue weighted by molar-refractivity contribution is 5.79. The Morgan fingerprint density at radius 3 is 2.50 bits per heavy atom. The summed E-state index contributed by atoms with van der Waals surface area (Å²) in [7, 11) is 0. The van der Waals surface area contributed by atoms with Crippen LogP contribution in [-0.4, -0.2) is 30.3 Å². The van der Waals surface area contributed by atoms with Gasteiger partial charge in [0.2, 0.25) is 0 Å². The van der Waals surface area contributed by atoms with Gasteiger partial charge in [-0.15, -0.1) is 0 Å². The molecule has 0 unspecified atom stereocenters. The molecule has 0 aromatic heterocycles. The Kier molecular flexibility index (Phi) is 3.48. The first-order valence-electron chi connectivity index (χ1n) is 4.56. The molecule has 1 aliphatic heterocycles. The van der Waals surface area contributed by atoms with Gasteiger partial charge in [-0.3, -0.25) is 9.69 Å². The van der Waals surface area contributed by atoms with Crippen molar-refractivity contribution in [3.05, 3.63) is 11.6 Å². The van der Waals surface area contributed by atoms with E-state index in [1.54, 1.807) is 0 Å². The maximum Gasteiger partial charge on any atom is 0.135 e. The van der Waals surface area contributed by atoms with Crippen LogP contribution in [0.1, 0.15) is 26.7 Å². The Morgan fingerprint density at radius 2 is 2.00 bits per heavy atom.